The average molecular weight is 489 g/mol. The summed E-state index contributed by atoms with van der Waals surface area (Å²) in [6.45, 7) is 3.93. The van der Waals surface area contributed by atoms with Crippen molar-refractivity contribution >= 4 is 44.1 Å². The van der Waals surface area contributed by atoms with Crippen molar-refractivity contribution in [2.45, 2.75) is 19.9 Å². The molecule has 1 fully saturated rings. The molecule has 5 rings (SSSR count). The molecule has 35 heavy (non-hydrogen) atoms. The van der Waals surface area contributed by atoms with Gasteiger partial charge in [0.2, 0.25) is 0 Å². The van der Waals surface area contributed by atoms with Gasteiger partial charge in [-0.2, -0.15) is 0 Å². The quantitative estimate of drug-likeness (QED) is 0.227. The van der Waals surface area contributed by atoms with Gasteiger partial charge in [0, 0.05) is 5.56 Å². The maximum atomic E-state index is 13.5. The predicted octanol–water partition coefficient (Wildman–Crippen LogP) is 5.69. The number of benzene rings is 3. The third kappa shape index (κ3) is 3.85. The zero-order chi connectivity index (χ0) is 24.9. The average Bonchev–Trinajstić information content (AvgIpc) is 3.38. The van der Waals surface area contributed by atoms with Crippen molar-refractivity contribution in [1.82, 2.24) is 4.98 Å². The number of halogens is 1. The number of nitrogens with zero attached hydrogens (tertiary/aromatic N) is 2. The van der Waals surface area contributed by atoms with Gasteiger partial charge in [0.1, 0.15) is 17.3 Å². The van der Waals surface area contributed by atoms with Crippen LogP contribution in [0.25, 0.3) is 16.0 Å². The van der Waals surface area contributed by atoms with Crippen molar-refractivity contribution in [3.8, 4) is 5.75 Å². The molecule has 0 bridgehead atoms. The van der Waals surface area contributed by atoms with Crippen molar-refractivity contribution in [2.75, 3.05) is 12.0 Å². The molecule has 3 aromatic carbocycles. The molecule has 1 N–H and O–H groups in total. The number of aliphatic hydroxyl groups excluding tert-OH is 1. The van der Waals surface area contributed by atoms with Crippen LogP contribution < -0.4 is 9.64 Å². The van der Waals surface area contributed by atoms with E-state index in [1.807, 2.05) is 26.0 Å². The zero-order valence-electron chi connectivity index (χ0n) is 19.2. The Balaban J connectivity index is 1.73. The third-order valence-electron chi connectivity index (χ3n) is 6.02. The lowest BCUT2D eigenvalue weighted by atomic mass is 9.95. The second kappa shape index (κ2) is 8.63. The van der Waals surface area contributed by atoms with E-state index in [0.717, 1.165) is 21.3 Å². The fraction of sp³-hybridized carbons (Fsp3) is 0.148. The van der Waals surface area contributed by atoms with E-state index in [0.29, 0.717) is 16.4 Å². The Morgan fingerprint density at radius 2 is 1.74 bits per heavy atom. The van der Waals surface area contributed by atoms with Crippen LogP contribution in [0.15, 0.2) is 66.2 Å². The molecule has 1 saturated heterocycles. The topological polar surface area (TPSA) is 79.7 Å². The molecule has 0 aliphatic carbocycles. The molecule has 1 aliphatic rings. The third-order valence-corrected chi connectivity index (χ3v) is 7.02. The Labute approximate surface area is 204 Å². The second-order valence-electron chi connectivity index (χ2n) is 8.37. The molecule has 1 atom stereocenters. The fourth-order valence-electron chi connectivity index (χ4n) is 4.36. The van der Waals surface area contributed by atoms with Crippen LogP contribution in [0.1, 0.15) is 28.3 Å². The second-order valence-corrected chi connectivity index (χ2v) is 9.38. The largest absolute Gasteiger partial charge is 0.507 e. The summed E-state index contributed by atoms with van der Waals surface area (Å²) in [7, 11) is 1.54. The number of carbonyl (C=O) groups is 2. The van der Waals surface area contributed by atoms with Crippen LogP contribution in [0.5, 0.6) is 5.75 Å². The number of methoxy groups -OCH3 is 1. The molecule has 4 aromatic rings. The van der Waals surface area contributed by atoms with Gasteiger partial charge in [-0.05, 0) is 73.0 Å². The van der Waals surface area contributed by atoms with E-state index < -0.39 is 23.5 Å². The molecule has 1 aliphatic heterocycles. The number of carbonyl (C=O) groups excluding carboxylic acids is 2. The summed E-state index contributed by atoms with van der Waals surface area (Å²) in [5, 5.41) is 11.5. The Bertz CT molecular complexity index is 1510. The van der Waals surface area contributed by atoms with E-state index in [1.165, 1.54) is 40.5 Å². The Kier molecular flexibility index (Phi) is 5.61. The summed E-state index contributed by atoms with van der Waals surface area (Å²) in [4.78, 5) is 32.7. The number of amides is 1. The van der Waals surface area contributed by atoms with Crippen molar-refractivity contribution < 1.29 is 23.8 Å². The number of Topliss-reactive ketones (excluding diaryl/α,β-unsaturated/α-hetero) is 1. The van der Waals surface area contributed by atoms with E-state index in [1.54, 1.807) is 31.4 Å². The number of thiazole rings is 1. The van der Waals surface area contributed by atoms with Gasteiger partial charge in [-0.15, -0.1) is 0 Å². The van der Waals surface area contributed by atoms with Crippen LogP contribution in [0.2, 0.25) is 0 Å². The number of ketones is 1. The molecular formula is C27H21FN2O4S. The molecule has 8 heteroatoms. The van der Waals surface area contributed by atoms with Gasteiger partial charge in [-0.1, -0.05) is 29.5 Å². The van der Waals surface area contributed by atoms with Crippen LogP contribution >= 0.6 is 11.3 Å². The standard InChI is InChI=1S/C27H21FN2O4S/c1-14-12-15(2)22-20(13-14)35-27(29-22)30-23(16-6-10-19(34-3)11-7-16)21(25(32)26(30)33)24(31)17-4-8-18(28)9-5-17/h4-13,23,31H,1-3H3/b24-21+. The first kappa shape index (κ1) is 22.7. The minimum absolute atomic E-state index is 0.0843. The smallest absolute Gasteiger partial charge is 0.301 e. The number of aliphatic hydroxyl groups is 1. The molecular weight excluding hydrogens is 467 g/mol. The summed E-state index contributed by atoms with van der Waals surface area (Å²) in [6, 6.07) is 15.1. The van der Waals surface area contributed by atoms with Gasteiger partial charge >= 0.3 is 5.91 Å². The van der Waals surface area contributed by atoms with E-state index >= 15 is 0 Å². The minimum atomic E-state index is -0.923. The van der Waals surface area contributed by atoms with Gasteiger partial charge < -0.3 is 9.84 Å². The first-order chi connectivity index (χ1) is 16.8. The number of aryl methyl sites for hydroxylation is 2. The number of ether oxygens (including phenoxy) is 1. The Hall–Kier alpha value is -4.04. The zero-order valence-corrected chi connectivity index (χ0v) is 20.0. The molecule has 6 nitrogen and oxygen atoms in total. The van der Waals surface area contributed by atoms with Gasteiger partial charge in [-0.3, -0.25) is 14.5 Å². The number of anilines is 1. The van der Waals surface area contributed by atoms with Crippen molar-refractivity contribution in [1.29, 1.82) is 0 Å². The molecule has 176 valence electrons. The normalized spacial score (nSPS) is 17.4. The summed E-state index contributed by atoms with van der Waals surface area (Å²) in [5.74, 6) is -1.87. The number of rotatable bonds is 4. The molecule has 1 aromatic heterocycles. The summed E-state index contributed by atoms with van der Waals surface area (Å²) in [5.41, 5.74) is 3.53. The van der Waals surface area contributed by atoms with Crippen LogP contribution in [-0.2, 0) is 9.59 Å². The summed E-state index contributed by atoms with van der Waals surface area (Å²) >= 11 is 1.31. The number of hydrogen-bond donors (Lipinski definition) is 1. The van der Waals surface area contributed by atoms with Crippen LogP contribution in [0.4, 0.5) is 9.52 Å². The van der Waals surface area contributed by atoms with Gasteiger partial charge in [-0.25, -0.2) is 9.37 Å². The molecule has 0 saturated carbocycles. The van der Waals surface area contributed by atoms with Crippen LogP contribution in [0.3, 0.4) is 0 Å². The highest BCUT2D eigenvalue weighted by Crippen LogP contribution is 2.45. The number of fused-ring (bicyclic) bond motifs is 1. The van der Waals surface area contributed by atoms with E-state index in [2.05, 4.69) is 0 Å². The van der Waals surface area contributed by atoms with Crippen molar-refractivity contribution in [3.05, 3.63) is 94.3 Å². The lowest BCUT2D eigenvalue weighted by Crippen LogP contribution is -2.29. The molecule has 1 unspecified atom stereocenters. The van der Waals surface area contributed by atoms with Crippen LogP contribution in [-0.4, -0.2) is 28.9 Å². The lowest BCUT2D eigenvalue weighted by molar-refractivity contribution is -0.132. The van der Waals surface area contributed by atoms with Gasteiger partial charge in [0.25, 0.3) is 5.78 Å². The van der Waals surface area contributed by atoms with Gasteiger partial charge in [0.15, 0.2) is 5.13 Å². The van der Waals surface area contributed by atoms with Crippen LogP contribution in [0, 0.1) is 19.7 Å². The molecule has 2 heterocycles. The maximum absolute atomic E-state index is 13.5. The predicted molar refractivity (Wildman–Crippen MR) is 133 cm³/mol. The summed E-state index contributed by atoms with van der Waals surface area (Å²) in [6.07, 6.45) is 0. The summed E-state index contributed by atoms with van der Waals surface area (Å²) < 4.78 is 19.6. The number of aromatic nitrogens is 1. The van der Waals surface area contributed by atoms with E-state index in [9.17, 15) is 19.1 Å². The number of hydrogen-bond acceptors (Lipinski definition) is 6. The minimum Gasteiger partial charge on any atom is -0.507 e. The molecule has 1 amide bonds. The van der Waals surface area contributed by atoms with E-state index in [4.69, 9.17) is 9.72 Å². The molecule has 0 spiro atoms. The Morgan fingerprint density at radius 3 is 2.40 bits per heavy atom. The fourth-order valence-corrected chi connectivity index (χ4v) is 5.53. The Morgan fingerprint density at radius 1 is 1.06 bits per heavy atom. The maximum Gasteiger partial charge on any atom is 0.301 e. The first-order valence-corrected chi connectivity index (χ1v) is 11.7. The first-order valence-electron chi connectivity index (χ1n) is 10.9. The monoisotopic (exact) mass is 488 g/mol. The highest BCUT2D eigenvalue weighted by atomic mass is 32.1. The van der Waals surface area contributed by atoms with E-state index in [-0.39, 0.29) is 16.9 Å². The van der Waals surface area contributed by atoms with Crippen molar-refractivity contribution in [3.63, 3.8) is 0 Å². The lowest BCUT2D eigenvalue weighted by Gasteiger charge is -2.23. The highest BCUT2D eigenvalue weighted by Gasteiger charge is 2.48. The van der Waals surface area contributed by atoms with Crippen molar-refractivity contribution in [2.24, 2.45) is 0 Å². The SMILES string of the molecule is COc1ccc(C2/C(=C(\O)c3ccc(F)cc3)C(=O)C(=O)N2c2nc3c(C)cc(C)cc3s2)cc1. The van der Waals surface area contributed by atoms with Gasteiger partial charge in [0.05, 0.1) is 28.9 Å². The molecule has 0 radical (unpaired) electrons. The highest BCUT2D eigenvalue weighted by molar-refractivity contribution is 7.22.